The highest BCUT2D eigenvalue weighted by Crippen LogP contribution is 2.39. The zero-order valence-electron chi connectivity index (χ0n) is 10.8. The van der Waals surface area contributed by atoms with Gasteiger partial charge in [-0.1, -0.05) is 0 Å². The van der Waals surface area contributed by atoms with Gasteiger partial charge in [0, 0.05) is 24.6 Å². The maximum Gasteiger partial charge on any atom is 0.290 e. The van der Waals surface area contributed by atoms with Crippen LogP contribution < -0.4 is 4.90 Å². The van der Waals surface area contributed by atoms with E-state index >= 15 is 0 Å². The Morgan fingerprint density at radius 2 is 2.26 bits per heavy atom. The van der Waals surface area contributed by atoms with Crippen molar-refractivity contribution in [1.82, 2.24) is 4.98 Å². The average Bonchev–Trinajstić information content (AvgIpc) is 2.91. The standard InChI is InChI=1S/C13H17N3O3/c1-8-4-13(14-5-11(8)16(18)19)15-6-9-2-3-12(17)10(9)7-15/h4-5,9-10,12,17H,2-3,6-7H2,1H3. The molecule has 0 aromatic carbocycles. The second kappa shape index (κ2) is 4.45. The van der Waals surface area contributed by atoms with Gasteiger partial charge in [0.15, 0.2) is 0 Å². The minimum absolute atomic E-state index is 0.0585. The Hall–Kier alpha value is -1.69. The fraction of sp³-hybridized carbons (Fsp3) is 0.615. The van der Waals surface area contributed by atoms with E-state index in [1.165, 1.54) is 6.20 Å². The summed E-state index contributed by atoms with van der Waals surface area (Å²) in [6, 6.07) is 1.77. The molecular weight excluding hydrogens is 246 g/mol. The van der Waals surface area contributed by atoms with Gasteiger partial charge in [-0.3, -0.25) is 10.1 Å². The third-order valence-corrected chi connectivity index (χ3v) is 4.41. The van der Waals surface area contributed by atoms with Gasteiger partial charge in [0.05, 0.1) is 11.0 Å². The predicted octanol–water partition coefficient (Wildman–Crippen LogP) is 1.51. The molecule has 19 heavy (non-hydrogen) atoms. The molecule has 3 unspecified atom stereocenters. The average molecular weight is 263 g/mol. The Morgan fingerprint density at radius 3 is 2.89 bits per heavy atom. The number of hydrogen-bond donors (Lipinski definition) is 1. The first-order chi connectivity index (χ1) is 9.06. The molecule has 1 aromatic heterocycles. The lowest BCUT2D eigenvalue weighted by Crippen LogP contribution is -2.25. The molecule has 2 aliphatic rings. The van der Waals surface area contributed by atoms with Gasteiger partial charge in [-0.15, -0.1) is 0 Å². The Morgan fingerprint density at radius 1 is 1.47 bits per heavy atom. The fourth-order valence-corrected chi connectivity index (χ4v) is 3.32. The van der Waals surface area contributed by atoms with Gasteiger partial charge < -0.3 is 10.0 Å². The largest absolute Gasteiger partial charge is 0.393 e. The van der Waals surface area contributed by atoms with E-state index in [9.17, 15) is 15.2 Å². The molecule has 1 aliphatic carbocycles. The SMILES string of the molecule is Cc1cc(N2CC3CCC(O)C3C2)ncc1[N+](=O)[O-]. The minimum atomic E-state index is -0.408. The summed E-state index contributed by atoms with van der Waals surface area (Å²) in [5.74, 6) is 1.65. The molecular formula is C13H17N3O3. The molecule has 0 amide bonds. The van der Waals surface area contributed by atoms with E-state index in [1.807, 2.05) is 0 Å². The van der Waals surface area contributed by atoms with Crippen LogP contribution in [0.15, 0.2) is 12.3 Å². The van der Waals surface area contributed by atoms with Gasteiger partial charge in [-0.2, -0.15) is 0 Å². The van der Waals surface area contributed by atoms with E-state index in [0.717, 1.165) is 31.7 Å². The van der Waals surface area contributed by atoms with Gasteiger partial charge in [0.2, 0.25) is 0 Å². The summed E-state index contributed by atoms with van der Waals surface area (Å²) in [6.45, 7) is 3.43. The van der Waals surface area contributed by atoms with Crippen molar-refractivity contribution >= 4 is 11.5 Å². The quantitative estimate of drug-likeness (QED) is 0.646. The number of fused-ring (bicyclic) bond motifs is 1. The number of aliphatic hydroxyl groups excluding tert-OH is 1. The lowest BCUT2D eigenvalue weighted by molar-refractivity contribution is -0.385. The zero-order valence-corrected chi connectivity index (χ0v) is 10.8. The van der Waals surface area contributed by atoms with E-state index in [1.54, 1.807) is 13.0 Å². The molecule has 6 nitrogen and oxygen atoms in total. The molecule has 6 heteroatoms. The maximum absolute atomic E-state index is 10.8. The van der Waals surface area contributed by atoms with Crippen molar-refractivity contribution in [3.63, 3.8) is 0 Å². The first-order valence-corrected chi connectivity index (χ1v) is 6.60. The summed E-state index contributed by atoms with van der Waals surface area (Å²) in [5, 5.41) is 20.7. The molecule has 3 atom stereocenters. The van der Waals surface area contributed by atoms with Crippen LogP contribution in [0.4, 0.5) is 11.5 Å². The molecule has 0 radical (unpaired) electrons. The van der Waals surface area contributed by atoms with Crippen molar-refractivity contribution in [2.24, 2.45) is 11.8 Å². The van der Waals surface area contributed by atoms with Gasteiger partial charge >= 0.3 is 0 Å². The van der Waals surface area contributed by atoms with E-state index in [0.29, 0.717) is 17.4 Å². The van der Waals surface area contributed by atoms with Crippen LogP contribution >= 0.6 is 0 Å². The van der Waals surface area contributed by atoms with Crippen molar-refractivity contribution in [3.05, 3.63) is 27.9 Å². The second-order valence-electron chi connectivity index (χ2n) is 5.56. The first-order valence-electron chi connectivity index (χ1n) is 6.60. The topological polar surface area (TPSA) is 79.5 Å². The second-order valence-corrected chi connectivity index (χ2v) is 5.56. The van der Waals surface area contributed by atoms with Crippen molar-refractivity contribution in [3.8, 4) is 0 Å². The Bertz CT molecular complexity index is 520. The molecule has 1 aliphatic heterocycles. The third kappa shape index (κ3) is 2.06. The molecule has 1 saturated carbocycles. The molecule has 1 aromatic rings. The number of hydrogen-bond acceptors (Lipinski definition) is 5. The normalized spacial score (nSPS) is 29.6. The maximum atomic E-state index is 10.8. The predicted molar refractivity (Wildman–Crippen MR) is 70.1 cm³/mol. The van der Waals surface area contributed by atoms with E-state index in [2.05, 4.69) is 9.88 Å². The molecule has 102 valence electrons. The van der Waals surface area contributed by atoms with E-state index in [4.69, 9.17) is 0 Å². The molecule has 2 heterocycles. The van der Waals surface area contributed by atoms with E-state index < -0.39 is 4.92 Å². The monoisotopic (exact) mass is 263 g/mol. The van der Waals surface area contributed by atoms with Crippen molar-refractivity contribution in [1.29, 1.82) is 0 Å². The number of pyridine rings is 1. The Kier molecular flexibility index (Phi) is 2.89. The van der Waals surface area contributed by atoms with Crippen LogP contribution in [-0.4, -0.2) is 34.2 Å². The number of aliphatic hydroxyl groups is 1. The van der Waals surface area contributed by atoms with Crippen LogP contribution in [0.2, 0.25) is 0 Å². The summed E-state index contributed by atoms with van der Waals surface area (Å²) >= 11 is 0. The zero-order chi connectivity index (χ0) is 13.6. The van der Waals surface area contributed by atoms with Gasteiger partial charge in [-0.05, 0) is 31.7 Å². The summed E-state index contributed by atoms with van der Waals surface area (Å²) in [6.07, 6.45) is 3.09. The molecule has 0 spiro atoms. The number of nitrogens with zero attached hydrogens (tertiary/aromatic N) is 3. The summed E-state index contributed by atoms with van der Waals surface area (Å²) in [4.78, 5) is 16.7. The number of nitro groups is 1. The third-order valence-electron chi connectivity index (χ3n) is 4.41. The van der Waals surface area contributed by atoms with Crippen LogP contribution in [0.3, 0.4) is 0 Å². The molecule has 1 saturated heterocycles. The number of aryl methyl sites for hydroxylation is 1. The number of aromatic nitrogens is 1. The van der Waals surface area contributed by atoms with Crippen LogP contribution in [0.1, 0.15) is 18.4 Å². The Balaban J connectivity index is 1.81. The van der Waals surface area contributed by atoms with Crippen LogP contribution in [0.25, 0.3) is 0 Å². The Labute approximate surface area is 111 Å². The van der Waals surface area contributed by atoms with Gasteiger partial charge in [0.1, 0.15) is 12.0 Å². The van der Waals surface area contributed by atoms with Crippen LogP contribution in [0, 0.1) is 28.9 Å². The lowest BCUT2D eigenvalue weighted by Gasteiger charge is -2.19. The summed E-state index contributed by atoms with van der Waals surface area (Å²) < 4.78 is 0. The van der Waals surface area contributed by atoms with Gasteiger partial charge in [0.25, 0.3) is 5.69 Å². The molecule has 1 N–H and O–H groups in total. The first kappa shape index (κ1) is 12.3. The summed E-state index contributed by atoms with van der Waals surface area (Å²) in [5.41, 5.74) is 0.691. The highest BCUT2D eigenvalue weighted by atomic mass is 16.6. The van der Waals surface area contributed by atoms with Crippen molar-refractivity contribution in [2.45, 2.75) is 25.9 Å². The smallest absolute Gasteiger partial charge is 0.290 e. The molecule has 2 fully saturated rings. The highest BCUT2D eigenvalue weighted by molar-refractivity contribution is 5.49. The molecule has 0 bridgehead atoms. The number of anilines is 1. The van der Waals surface area contributed by atoms with Crippen LogP contribution in [0.5, 0.6) is 0 Å². The number of rotatable bonds is 2. The highest BCUT2D eigenvalue weighted by Gasteiger charge is 2.42. The fourth-order valence-electron chi connectivity index (χ4n) is 3.32. The van der Waals surface area contributed by atoms with Crippen molar-refractivity contribution < 1.29 is 10.0 Å². The van der Waals surface area contributed by atoms with Crippen molar-refractivity contribution in [2.75, 3.05) is 18.0 Å². The van der Waals surface area contributed by atoms with Gasteiger partial charge in [-0.25, -0.2) is 4.98 Å². The molecule has 3 rings (SSSR count). The van der Waals surface area contributed by atoms with E-state index in [-0.39, 0.29) is 11.8 Å². The lowest BCUT2D eigenvalue weighted by atomic mass is 10.00. The minimum Gasteiger partial charge on any atom is -0.393 e. The van der Waals surface area contributed by atoms with Crippen LogP contribution in [-0.2, 0) is 0 Å². The summed E-state index contributed by atoms with van der Waals surface area (Å²) in [7, 11) is 0.